The molecule has 9 nitrogen and oxygen atoms in total. The first-order valence-electron chi connectivity index (χ1n) is 8.84. The molecule has 0 aliphatic carbocycles. The molecule has 0 aromatic carbocycles. The number of hydrogen-bond acceptors (Lipinski definition) is 7. The van der Waals surface area contributed by atoms with Gasteiger partial charge >= 0.3 is 5.69 Å². The van der Waals surface area contributed by atoms with E-state index in [4.69, 9.17) is 4.42 Å². The lowest BCUT2D eigenvalue weighted by atomic mass is 10.3. The topological polar surface area (TPSA) is 98.5 Å². The average Bonchev–Trinajstić information content (AvgIpc) is 3.43. The Hall–Kier alpha value is -3.27. The van der Waals surface area contributed by atoms with Gasteiger partial charge in [0.05, 0.1) is 11.4 Å². The highest BCUT2D eigenvalue weighted by molar-refractivity contribution is 7.13. The molecule has 28 heavy (non-hydrogen) atoms. The van der Waals surface area contributed by atoms with E-state index in [9.17, 15) is 9.59 Å². The van der Waals surface area contributed by atoms with Gasteiger partial charge in [0.15, 0.2) is 5.65 Å². The van der Waals surface area contributed by atoms with Crippen LogP contribution in [0.2, 0.25) is 0 Å². The Morgan fingerprint density at radius 3 is 2.89 bits per heavy atom. The summed E-state index contributed by atoms with van der Waals surface area (Å²) in [6.07, 6.45) is 2.39. The number of thiophene rings is 1. The molecule has 0 fully saturated rings. The second-order valence-electron chi connectivity index (χ2n) is 6.16. The van der Waals surface area contributed by atoms with E-state index in [1.165, 1.54) is 20.4 Å². The Bertz CT molecular complexity index is 1140. The van der Waals surface area contributed by atoms with E-state index in [-0.39, 0.29) is 24.7 Å². The van der Waals surface area contributed by atoms with Gasteiger partial charge in [-0.25, -0.2) is 9.48 Å². The fourth-order valence-electron chi connectivity index (χ4n) is 2.84. The first kappa shape index (κ1) is 18.1. The van der Waals surface area contributed by atoms with Gasteiger partial charge in [0.1, 0.15) is 6.54 Å². The number of aromatic nitrogens is 5. The van der Waals surface area contributed by atoms with Crippen molar-refractivity contribution in [3.63, 3.8) is 0 Å². The highest BCUT2D eigenvalue weighted by atomic mass is 32.1. The first-order chi connectivity index (χ1) is 13.7. The summed E-state index contributed by atoms with van der Waals surface area (Å²) in [4.78, 5) is 27.7. The molecule has 0 radical (unpaired) electrons. The van der Waals surface area contributed by atoms with Gasteiger partial charge in [-0.15, -0.1) is 26.6 Å². The number of amides is 1. The molecular formula is C18H18N6O3S. The maximum absolute atomic E-state index is 12.8. The molecule has 0 saturated heterocycles. The molecular weight excluding hydrogens is 380 g/mol. The normalized spacial score (nSPS) is 11.2. The van der Waals surface area contributed by atoms with E-state index in [1.807, 2.05) is 24.4 Å². The molecule has 0 unspecified atom stereocenters. The summed E-state index contributed by atoms with van der Waals surface area (Å²) < 4.78 is 8.26. The van der Waals surface area contributed by atoms with Gasteiger partial charge < -0.3 is 9.32 Å². The molecule has 4 rings (SSSR count). The standard InChI is InChI=1S/C18H18N6O3S/c1-2-8-22(11-15-19-20-17(27-15)13-6-5-10-28-13)16(25)12-24-18(26)23-9-4-3-7-14(23)21-24/h3-7,9-10H,2,8,11-12H2,1H3. The fraction of sp³-hybridized carbons (Fsp3) is 0.278. The van der Waals surface area contributed by atoms with Crippen molar-refractivity contribution < 1.29 is 9.21 Å². The molecule has 1 amide bonds. The zero-order valence-corrected chi connectivity index (χ0v) is 16.0. The maximum atomic E-state index is 12.8. The molecule has 0 spiro atoms. The number of carbonyl (C=O) groups excluding carboxylic acids is 1. The van der Waals surface area contributed by atoms with Crippen LogP contribution in [-0.2, 0) is 17.9 Å². The Labute approximate surface area is 163 Å². The van der Waals surface area contributed by atoms with Crippen LogP contribution in [0.15, 0.2) is 51.1 Å². The van der Waals surface area contributed by atoms with Crippen molar-refractivity contribution in [1.82, 2.24) is 29.3 Å². The Morgan fingerprint density at radius 1 is 1.25 bits per heavy atom. The Morgan fingerprint density at radius 2 is 2.14 bits per heavy atom. The SMILES string of the molecule is CCCN(Cc1nnc(-c2cccs2)o1)C(=O)Cn1nc2ccccn2c1=O. The number of fused-ring (bicyclic) bond motifs is 1. The lowest BCUT2D eigenvalue weighted by molar-refractivity contribution is -0.133. The minimum atomic E-state index is -0.349. The van der Waals surface area contributed by atoms with Crippen LogP contribution >= 0.6 is 11.3 Å². The summed E-state index contributed by atoms with van der Waals surface area (Å²) in [6, 6.07) is 9.05. The third-order valence-corrected chi connectivity index (χ3v) is 5.00. The molecule has 0 aliphatic rings. The number of hydrogen-bond donors (Lipinski definition) is 0. The number of pyridine rings is 1. The van der Waals surface area contributed by atoms with Crippen LogP contribution in [0.3, 0.4) is 0 Å². The Kier molecular flexibility index (Phi) is 5.02. The minimum absolute atomic E-state index is 0.146. The van der Waals surface area contributed by atoms with Gasteiger partial charge in [0.25, 0.3) is 5.89 Å². The first-order valence-corrected chi connectivity index (χ1v) is 9.72. The number of carbonyl (C=O) groups is 1. The zero-order chi connectivity index (χ0) is 19.5. The van der Waals surface area contributed by atoms with Crippen molar-refractivity contribution in [3.8, 4) is 10.8 Å². The fourth-order valence-corrected chi connectivity index (χ4v) is 3.49. The maximum Gasteiger partial charge on any atom is 0.350 e. The largest absolute Gasteiger partial charge is 0.418 e. The molecule has 0 bridgehead atoms. The van der Waals surface area contributed by atoms with Crippen LogP contribution in [0.5, 0.6) is 0 Å². The smallest absolute Gasteiger partial charge is 0.350 e. The molecule has 4 heterocycles. The lowest BCUT2D eigenvalue weighted by Gasteiger charge is -2.19. The van der Waals surface area contributed by atoms with E-state index in [0.29, 0.717) is 24.0 Å². The predicted octanol–water partition coefficient (Wildman–Crippen LogP) is 2.05. The quantitative estimate of drug-likeness (QED) is 0.472. The summed E-state index contributed by atoms with van der Waals surface area (Å²) in [6.45, 7) is 2.53. The van der Waals surface area contributed by atoms with Gasteiger partial charge in [0.2, 0.25) is 11.8 Å². The predicted molar refractivity (Wildman–Crippen MR) is 103 cm³/mol. The minimum Gasteiger partial charge on any atom is -0.418 e. The van der Waals surface area contributed by atoms with Crippen LogP contribution in [-0.4, -0.2) is 41.7 Å². The third kappa shape index (κ3) is 3.58. The molecule has 0 atom stereocenters. The van der Waals surface area contributed by atoms with Crippen molar-refractivity contribution >= 4 is 22.9 Å². The van der Waals surface area contributed by atoms with Gasteiger partial charge in [-0.05, 0) is 30.0 Å². The van der Waals surface area contributed by atoms with Crippen molar-refractivity contribution in [2.45, 2.75) is 26.4 Å². The summed E-state index contributed by atoms with van der Waals surface area (Å²) in [5.74, 6) is 0.557. The van der Waals surface area contributed by atoms with Crippen LogP contribution in [0.1, 0.15) is 19.2 Å². The lowest BCUT2D eigenvalue weighted by Crippen LogP contribution is -2.37. The molecule has 0 saturated carbocycles. The molecule has 10 heteroatoms. The second kappa shape index (κ2) is 7.77. The molecule has 144 valence electrons. The summed E-state index contributed by atoms with van der Waals surface area (Å²) in [5, 5.41) is 14.2. The van der Waals surface area contributed by atoms with Gasteiger partial charge in [-0.2, -0.15) is 0 Å². The van der Waals surface area contributed by atoms with Gasteiger partial charge in [-0.3, -0.25) is 9.20 Å². The van der Waals surface area contributed by atoms with E-state index in [0.717, 1.165) is 11.3 Å². The molecule has 4 aromatic heterocycles. The Balaban J connectivity index is 1.51. The van der Waals surface area contributed by atoms with Crippen LogP contribution in [0, 0.1) is 0 Å². The zero-order valence-electron chi connectivity index (χ0n) is 15.2. The average molecular weight is 398 g/mol. The van der Waals surface area contributed by atoms with Crippen molar-refractivity contribution in [3.05, 3.63) is 58.3 Å². The summed E-state index contributed by atoms with van der Waals surface area (Å²) in [7, 11) is 0. The van der Waals surface area contributed by atoms with Gasteiger partial charge in [0, 0.05) is 12.7 Å². The third-order valence-electron chi connectivity index (χ3n) is 4.14. The van der Waals surface area contributed by atoms with Crippen molar-refractivity contribution in [2.75, 3.05) is 6.54 Å². The van der Waals surface area contributed by atoms with Crippen LogP contribution < -0.4 is 5.69 Å². The molecule has 0 aliphatic heterocycles. The number of nitrogens with zero attached hydrogens (tertiary/aromatic N) is 6. The highest BCUT2D eigenvalue weighted by Gasteiger charge is 2.20. The van der Waals surface area contributed by atoms with Gasteiger partial charge in [-0.1, -0.05) is 19.1 Å². The number of rotatable bonds is 7. The van der Waals surface area contributed by atoms with Crippen LogP contribution in [0.25, 0.3) is 16.4 Å². The van der Waals surface area contributed by atoms with E-state index >= 15 is 0 Å². The second-order valence-corrected chi connectivity index (χ2v) is 7.11. The van der Waals surface area contributed by atoms with E-state index in [2.05, 4.69) is 15.3 Å². The molecule has 0 N–H and O–H groups in total. The van der Waals surface area contributed by atoms with Crippen LogP contribution in [0.4, 0.5) is 0 Å². The van der Waals surface area contributed by atoms with E-state index < -0.39 is 0 Å². The molecule has 4 aromatic rings. The van der Waals surface area contributed by atoms with Crippen molar-refractivity contribution in [1.29, 1.82) is 0 Å². The highest BCUT2D eigenvalue weighted by Crippen LogP contribution is 2.23. The summed E-state index contributed by atoms with van der Waals surface area (Å²) in [5.41, 5.74) is 0.151. The summed E-state index contributed by atoms with van der Waals surface area (Å²) >= 11 is 1.50. The van der Waals surface area contributed by atoms with Crippen molar-refractivity contribution in [2.24, 2.45) is 0 Å². The monoisotopic (exact) mass is 398 g/mol. The van der Waals surface area contributed by atoms with E-state index in [1.54, 1.807) is 29.3 Å².